The number of aromatic amines is 1. The second-order valence-electron chi connectivity index (χ2n) is 12.7. The third-order valence-corrected chi connectivity index (χ3v) is 9.74. The molecule has 1 aliphatic carbocycles. The van der Waals surface area contributed by atoms with Gasteiger partial charge < -0.3 is 19.7 Å². The van der Waals surface area contributed by atoms with Crippen LogP contribution in [0.25, 0.3) is 22.0 Å². The Morgan fingerprint density at radius 3 is 2.79 bits per heavy atom. The predicted octanol–water partition coefficient (Wildman–Crippen LogP) is 5.18. The predicted molar refractivity (Wildman–Crippen MR) is 170 cm³/mol. The first-order chi connectivity index (χ1) is 20.7. The first-order valence-corrected chi connectivity index (χ1v) is 15.9. The molecule has 232 valence electrons. The van der Waals surface area contributed by atoms with Gasteiger partial charge in [0.25, 0.3) is 0 Å². The number of carbonyl (C=O) groups is 1. The number of hydrogen-bond acceptors (Lipinski definition) is 7. The first-order valence-electron chi connectivity index (χ1n) is 15.2. The van der Waals surface area contributed by atoms with E-state index in [1.807, 2.05) is 11.0 Å². The van der Waals surface area contributed by atoms with Crippen molar-refractivity contribution in [3.8, 4) is 11.1 Å². The Morgan fingerprint density at radius 1 is 1.30 bits per heavy atom. The van der Waals surface area contributed by atoms with Gasteiger partial charge in [-0.15, -0.1) is 0 Å². The fourth-order valence-corrected chi connectivity index (χ4v) is 7.48. The molecule has 3 aliphatic rings. The second-order valence-corrected chi connectivity index (χ2v) is 13.5. The number of fused-ring (bicyclic) bond motifs is 1. The number of anilines is 1. The molecule has 0 bridgehead atoms. The van der Waals surface area contributed by atoms with Gasteiger partial charge in [0.1, 0.15) is 0 Å². The molecule has 1 saturated carbocycles. The molecule has 1 spiro atoms. The van der Waals surface area contributed by atoms with Crippen LogP contribution in [0.4, 0.5) is 5.82 Å². The monoisotopic (exact) mass is 629 g/mol. The minimum Gasteiger partial charge on any atom is -0.376 e. The maximum Gasteiger partial charge on any atom is 0.245 e. The number of likely N-dealkylation sites (tertiary alicyclic amines) is 1. The van der Waals surface area contributed by atoms with Crippen LogP contribution in [0.1, 0.15) is 38.4 Å². The molecule has 12 heteroatoms. The van der Waals surface area contributed by atoms with Crippen molar-refractivity contribution >= 4 is 45.8 Å². The van der Waals surface area contributed by atoms with Gasteiger partial charge in [-0.2, -0.15) is 10.2 Å². The largest absolute Gasteiger partial charge is 0.376 e. The lowest BCUT2D eigenvalue weighted by Crippen LogP contribution is -2.63. The van der Waals surface area contributed by atoms with E-state index in [0.29, 0.717) is 42.3 Å². The molecule has 1 aromatic carbocycles. The molecule has 6 rings (SSSR count). The summed E-state index contributed by atoms with van der Waals surface area (Å²) < 4.78 is 13.7. The zero-order valence-corrected chi connectivity index (χ0v) is 26.7. The fraction of sp³-hybridized carbons (Fsp3) is 0.581. The molecule has 1 atom stereocenters. The number of nitrogens with zero attached hydrogens (tertiary/aromatic N) is 5. The van der Waals surface area contributed by atoms with Crippen LogP contribution in [0, 0.1) is 18.3 Å². The molecule has 3 aromatic rings. The Hall–Kier alpha value is -2.63. The highest BCUT2D eigenvalue weighted by Gasteiger charge is 2.54. The Kier molecular flexibility index (Phi) is 8.77. The van der Waals surface area contributed by atoms with Gasteiger partial charge in [-0.3, -0.25) is 19.5 Å². The summed E-state index contributed by atoms with van der Waals surface area (Å²) in [4.78, 5) is 16.3. The third kappa shape index (κ3) is 6.04. The standard InChI is InChI=1S/C31H41Cl2N7O3/c1-5-26(41)39-17-31(18-39)11-21(12-31)40-20(4)27(28-23-13-35-36-25(23)10-24(32)29(28)33)30(37-40)34-6-7-38(14-19(2)3)15-22-16-42-8-9-43-22/h5,10,13,19,21-22H,1,6-9,11-12,14-18H2,2-4H3,(H,34,37)(H,35,36)/t22-/m1/s1. The molecule has 0 radical (unpaired) electrons. The van der Waals surface area contributed by atoms with Crippen molar-refractivity contribution in [1.82, 2.24) is 29.8 Å². The molecule has 0 unspecified atom stereocenters. The van der Waals surface area contributed by atoms with Crippen molar-refractivity contribution in [2.45, 2.75) is 45.8 Å². The van der Waals surface area contributed by atoms with E-state index in [1.54, 1.807) is 6.20 Å². The SMILES string of the molecule is C=CC(=O)N1CC2(CC(n3nc(NCCN(CC(C)C)C[C@@H]4COCCO4)c(-c4c(Cl)c(Cl)cc5[nH]ncc45)c3C)C2)C1. The highest BCUT2D eigenvalue weighted by Crippen LogP contribution is 2.55. The number of benzene rings is 1. The van der Waals surface area contributed by atoms with Crippen molar-refractivity contribution in [3.05, 3.63) is 40.7 Å². The number of hydrogen-bond donors (Lipinski definition) is 2. The molecule has 2 N–H and O–H groups in total. The Balaban J connectivity index is 1.25. The summed E-state index contributed by atoms with van der Waals surface area (Å²) in [5, 5.41) is 18.0. The number of ether oxygens (including phenoxy) is 2. The van der Waals surface area contributed by atoms with Crippen molar-refractivity contribution in [2.24, 2.45) is 11.3 Å². The minimum atomic E-state index is 0.00642. The summed E-state index contributed by atoms with van der Waals surface area (Å²) in [7, 11) is 0. The van der Waals surface area contributed by atoms with E-state index in [0.717, 1.165) is 79.1 Å². The third-order valence-electron chi connectivity index (χ3n) is 8.95. The number of nitrogens with one attached hydrogen (secondary N) is 2. The minimum absolute atomic E-state index is 0.00642. The Bertz CT molecular complexity index is 1480. The molecule has 1 amide bonds. The van der Waals surface area contributed by atoms with E-state index in [9.17, 15) is 4.79 Å². The van der Waals surface area contributed by atoms with Crippen LogP contribution in [0.3, 0.4) is 0 Å². The number of H-pyrrole nitrogens is 1. The van der Waals surface area contributed by atoms with E-state index >= 15 is 0 Å². The quantitative estimate of drug-likeness (QED) is 0.282. The number of carbonyl (C=O) groups excluding carboxylic acids is 1. The summed E-state index contributed by atoms with van der Waals surface area (Å²) in [6.07, 6.45) is 5.23. The summed E-state index contributed by atoms with van der Waals surface area (Å²) in [5.74, 6) is 1.31. The van der Waals surface area contributed by atoms with Crippen LogP contribution >= 0.6 is 23.2 Å². The van der Waals surface area contributed by atoms with Gasteiger partial charge in [0.15, 0.2) is 5.82 Å². The summed E-state index contributed by atoms with van der Waals surface area (Å²) in [6.45, 7) is 17.0. The van der Waals surface area contributed by atoms with Crippen molar-refractivity contribution in [1.29, 1.82) is 0 Å². The van der Waals surface area contributed by atoms with Crippen molar-refractivity contribution in [2.75, 3.05) is 64.4 Å². The normalized spacial score (nSPS) is 20.2. The second kappa shape index (κ2) is 12.4. The molecule has 2 aliphatic heterocycles. The lowest BCUT2D eigenvalue weighted by Gasteiger charge is -2.58. The van der Waals surface area contributed by atoms with E-state index in [-0.39, 0.29) is 23.5 Å². The maximum absolute atomic E-state index is 12.0. The number of halogens is 2. The van der Waals surface area contributed by atoms with Gasteiger partial charge in [0.2, 0.25) is 5.91 Å². The van der Waals surface area contributed by atoms with Gasteiger partial charge in [0, 0.05) is 66.9 Å². The average Bonchev–Trinajstić information content (AvgIpc) is 3.52. The highest BCUT2D eigenvalue weighted by molar-refractivity contribution is 6.45. The number of rotatable bonds is 11. The molecule has 4 heterocycles. The molecule has 10 nitrogen and oxygen atoms in total. The summed E-state index contributed by atoms with van der Waals surface area (Å²) in [5.41, 5.74) is 3.79. The van der Waals surface area contributed by atoms with Crippen LogP contribution in [0.2, 0.25) is 10.0 Å². The van der Waals surface area contributed by atoms with E-state index in [1.165, 1.54) is 6.08 Å². The van der Waals surface area contributed by atoms with E-state index in [2.05, 4.69) is 52.4 Å². The first kappa shape index (κ1) is 30.4. The van der Waals surface area contributed by atoms with Crippen molar-refractivity contribution in [3.63, 3.8) is 0 Å². The van der Waals surface area contributed by atoms with E-state index < -0.39 is 0 Å². The van der Waals surface area contributed by atoms with Crippen molar-refractivity contribution < 1.29 is 14.3 Å². The van der Waals surface area contributed by atoms with Crippen LogP contribution in [-0.4, -0.2) is 101 Å². The average molecular weight is 631 g/mol. The highest BCUT2D eigenvalue weighted by atomic mass is 35.5. The van der Waals surface area contributed by atoms with Crippen LogP contribution in [0.5, 0.6) is 0 Å². The molecule has 3 fully saturated rings. The van der Waals surface area contributed by atoms with Gasteiger partial charge in [-0.25, -0.2) is 0 Å². The number of amides is 1. The van der Waals surface area contributed by atoms with Crippen LogP contribution in [0.15, 0.2) is 24.9 Å². The van der Waals surface area contributed by atoms with Gasteiger partial charge in [-0.05, 0) is 37.8 Å². The lowest BCUT2D eigenvalue weighted by molar-refractivity contribution is -0.149. The van der Waals surface area contributed by atoms with Gasteiger partial charge in [0.05, 0.1) is 53.7 Å². The zero-order valence-electron chi connectivity index (χ0n) is 25.2. The summed E-state index contributed by atoms with van der Waals surface area (Å²) >= 11 is 13.5. The Morgan fingerprint density at radius 2 is 2.09 bits per heavy atom. The molecular weight excluding hydrogens is 589 g/mol. The lowest BCUT2D eigenvalue weighted by atomic mass is 9.60. The topological polar surface area (TPSA) is 101 Å². The summed E-state index contributed by atoms with van der Waals surface area (Å²) in [6, 6.07) is 2.06. The Labute approximate surface area is 262 Å². The molecule has 2 saturated heterocycles. The number of aromatic nitrogens is 4. The smallest absolute Gasteiger partial charge is 0.245 e. The molecular formula is C31H41Cl2N7O3. The maximum atomic E-state index is 12.0. The zero-order chi connectivity index (χ0) is 30.3. The van der Waals surface area contributed by atoms with Gasteiger partial charge in [-0.1, -0.05) is 43.6 Å². The van der Waals surface area contributed by atoms with Crippen LogP contribution in [-0.2, 0) is 14.3 Å². The molecule has 43 heavy (non-hydrogen) atoms. The van der Waals surface area contributed by atoms with E-state index in [4.69, 9.17) is 37.8 Å². The molecule has 2 aromatic heterocycles. The van der Waals surface area contributed by atoms with Gasteiger partial charge >= 0.3 is 0 Å². The fourth-order valence-electron chi connectivity index (χ4n) is 7.03. The van der Waals surface area contributed by atoms with Crippen LogP contribution < -0.4 is 5.32 Å².